The second-order valence-electron chi connectivity index (χ2n) is 5.19. The predicted octanol–water partition coefficient (Wildman–Crippen LogP) is 0.983. The zero-order valence-corrected chi connectivity index (χ0v) is 12.2. The van der Waals surface area contributed by atoms with Gasteiger partial charge in [0.05, 0.1) is 4.90 Å². The van der Waals surface area contributed by atoms with Gasteiger partial charge >= 0.3 is 0 Å². The molecule has 0 bridgehead atoms. The summed E-state index contributed by atoms with van der Waals surface area (Å²) in [5.41, 5.74) is 6.17. The lowest BCUT2D eigenvalue weighted by Crippen LogP contribution is -2.47. The highest BCUT2D eigenvalue weighted by Gasteiger charge is 2.30. The first-order valence-electron chi connectivity index (χ1n) is 6.43. The van der Waals surface area contributed by atoms with E-state index in [-0.39, 0.29) is 6.04 Å². The molecule has 1 aliphatic rings. The van der Waals surface area contributed by atoms with Crippen LogP contribution < -0.4 is 5.73 Å². The van der Waals surface area contributed by atoms with E-state index in [1.54, 1.807) is 28.6 Å². The molecule has 0 amide bonds. The molecule has 1 atom stereocenters. The summed E-state index contributed by atoms with van der Waals surface area (Å²) in [4.78, 5) is 2.41. The smallest absolute Gasteiger partial charge is 0.243 e. The largest absolute Gasteiger partial charge is 0.399 e. The van der Waals surface area contributed by atoms with Crippen molar-refractivity contribution in [3.8, 4) is 0 Å². The Morgan fingerprint density at radius 2 is 1.89 bits per heavy atom. The molecule has 2 N–H and O–H groups in total. The van der Waals surface area contributed by atoms with E-state index in [9.17, 15) is 8.42 Å². The molecular weight excluding hydrogens is 262 g/mol. The maximum Gasteiger partial charge on any atom is 0.243 e. The third-order valence-corrected chi connectivity index (χ3v) is 5.49. The van der Waals surface area contributed by atoms with Gasteiger partial charge in [0.15, 0.2) is 0 Å². The van der Waals surface area contributed by atoms with Crippen LogP contribution in [0.3, 0.4) is 0 Å². The molecular formula is C13H21N3O2S. The molecule has 106 valence electrons. The van der Waals surface area contributed by atoms with E-state index in [1.807, 2.05) is 14.1 Å². The Morgan fingerprint density at radius 1 is 1.26 bits per heavy atom. The third-order valence-electron chi connectivity index (χ3n) is 3.61. The van der Waals surface area contributed by atoms with E-state index in [2.05, 4.69) is 4.90 Å². The predicted molar refractivity (Wildman–Crippen MR) is 76.3 cm³/mol. The second kappa shape index (κ2) is 5.48. The van der Waals surface area contributed by atoms with Crippen molar-refractivity contribution in [1.82, 2.24) is 9.21 Å². The van der Waals surface area contributed by atoms with Crippen molar-refractivity contribution in [1.29, 1.82) is 0 Å². The van der Waals surface area contributed by atoms with E-state index >= 15 is 0 Å². The first-order chi connectivity index (χ1) is 8.91. The van der Waals surface area contributed by atoms with Gasteiger partial charge in [-0.15, -0.1) is 0 Å². The van der Waals surface area contributed by atoms with Crippen molar-refractivity contribution in [3.05, 3.63) is 24.3 Å². The monoisotopic (exact) mass is 283 g/mol. The van der Waals surface area contributed by atoms with Gasteiger partial charge in [-0.05, 0) is 51.2 Å². The molecule has 0 aromatic heterocycles. The summed E-state index contributed by atoms with van der Waals surface area (Å²) in [6, 6.07) is 6.69. The van der Waals surface area contributed by atoms with Gasteiger partial charge in [0.25, 0.3) is 0 Å². The molecule has 1 heterocycles. The van der Waals surface area contributed by atoms with Gasteiger partial charge < -0.3 is 10.6 Å². The van der Waals surface area contributed by atoms with Gasteiger partial charge in [-0.1, -0.05) is 0 Å². The number of hydrogen-bond acceptors (Lipinski definition) is 4. The molecule has 0 aliphatic carbocycles. The fraction of sp³-hybridized carbons (Fsp3) is 0.538. The molecule has 2 rings (SSSR count). The van der Waals surface area contributed by atoms with E-state index in [4.69, 9.17) is 5.73 Å². The Kier molecular flexibility index (Phi) is 4.13. The molecule has 5 nitrogen and oxygen atoms in total. The summed E-state index contributed by atoms with van der Waals surface area (Å²) in [7, 11) is 0.586. The Morgan fingerprint density at radius 3 is 2.47 bits per heavy atom. The van der Waals surface area contributed by atoms with Crippen LogP contribution in [-0.2, 0) is 10.0 Å². The minimum absolute atomic E-state index is 0.289. The Bertz CT molecular complexity index is 525. The fourth-order valence-electron chi connectivity index (χ4n) is 2.35. The summed E-state index contributed by atoms with van der Waals surface area (Å²) in [6.45, 7) is 1.15. The van der Waals surface area contributed by atoms with E-state index in [0.717, 1.165) is 12.8 Å². The van der Waals surface area contributed by atoms with Gasteiger partial charge in [-0.3, -0.25) is 0 Å². The summed E-state index contributed by atoms with van der Waals surface area (Å²) >= 11 is 0. The van der Waals surface area contributed by atoms with E-state index < -0.39 is 10.0 Å². The average Bonchev–Trinajstić information content (AvgIpc) is 2.39. The molecule has 0 saturated carbocycles. The molecule has 1 saturated heterocycles. The van der Waals surface area contributed by atoms with Crippen LogP contribution in [0.4, 0.5) is 5.69 Å². The van der Waals surface area contributed by atoms with Crippen molar-refractivity contribution in [3.63, 3.8) is 0 Å². The summed E-state index contributed by atoms with van der Waals surface area (Å²) in [6.07, 6.45) is 1.94. The number of nitrogens with two attached hydrogens (primary N) is 1. The SMILES string of the molecule is CN(C)C1CCCN(S(=O)(=O)c2ccc(N)cc2)C1. The summed E-state index contributed by atoms with van der Waals surface area (Å²) in [5, 5.41) is 0. The number of rotatable bonds is 3. The van der Waals surface area contributed by atoms with Gasteiger partial charge in [0.2, 0.25) is 10.0 Å². The number of likely N-dealkylation sites (N-methyl/N-ethyl adjacent to an activating group) is 1. The van der Waals surface area contributed by atoms with Crippen molar-refractivity contribution in [2.75, 3.05) is 32.9 Å². The maximum atomic E-state index is 12.5. The fourth-order valence-corrected chi connectivity index (χ4v) is 3.87. The number of anilines is 1. The number of sulfonamides is 1. The van der Waals surface area contributed by atoms with Crippen LogP contribution in [0, 0.1) is 0 Å². The highest BCUT2D eigenvalue weighted by atomic mass is 32.2. The van der Waals surface area contributed by atoms with Crippen LogP contribution in [-0.4, -0.2) is 50.8 Å². The van der Waals surface area contributed by atoms with Crippen LogP contribution in [0.1, 0.15) is 12.8 Å². The lowest BCUT2D eigenvalue weighted by Gasteiger charge is -2.35. The van der Waals surface area contributed by atoms with Gasteiger partial charge in [0.1, 0.15) is 0 Å². The van der Waals surface area contributed by atoms with Crippen molar-refractivity contribution in [2.45, 2.75) is 23.8 Å². The highest BCUT2D eigenvalue weighted by Crippen LogP contribution is 2.22. The van der Waals surface area contributed by atoms with E-state index in [1.165, 1.54) is 0 Å². The molecule has 1 aromatic rings. The molecule has 1 aliphatic heterocycles. The van der Waals surface area contributed by atoms with Crippen molar-refractivity contribution >= 4 is 15.7 Å². The number of benzene rings is 1. The molecule has 19 heavy (non-hydrogen) atoms. The molecule has 0 spiro atoms. The molecule has 1 fully saturated rings. The van der Waals surface area contributed by atoms with E-state index in [0.29, 0.717) is 23.7 Å². The van der Waals surface area contributed by atoms with Crippen LogP contribution in [0.5, 0.6) is 0 Å². The zero-order valence-electron chi connectivity index (χ0n) is 11.4. The average molecular weight is 283 g/mol. The van der Waals surface area contributed by atoms with Crippen molar-refractivity contribution < 1.29 is 8.42 Å². The third kappa shape index (κ3) is 3.08. The standard InChI is InChI=1S/C13H21N3O2S/c1-15(2)12-4-3-9-16(10-12)19(17,18)13-7-5-11(14)6-8-13/h5-8,12H,3-4,9-10,14H2,1-2H3. The Labute approximate surface area is 115 Å². The highest BCUT2D eigenvalue weighted by molar-refractivity contribution is 7.89. The minimum Gasteiger partial charge on any atom is -0.399 e. The Hall–Kier alpha value is -1.11. The zero-order chi connectivity index (χ0) is 14.0. The number of piperidine rings is 1. The lowest BCUT2D eigenvalue weighted by molar-refractivity contribution is 0.190. The molecule has 6 heteroatoms. The molecule has 0 radical (unpaired) electrons. The lowest BCUT2D eigenvalue weighted by atomic mass is 10.1. The van der Waals surface area contributed by atoms with Crippen LogP contribution in [0.2, 0.25) is 0 Å². The number of nitrogen functional groups attached to an aromatic ring is 1. The number of nitrogens with zero attached hydrogens (tertiary/aromatic N) is 2. The first-order valence-corrected chi connectivity index (χ1v) is 7.87. The topological polar surface area (TPSA) is 66.6 Å². The normalized spacial score (nSPS) is 21.7. The van der Waals surface area contributed by atoms with Gasteiger partial charge in [0, 0.05) is 24.8 Å². The van der Waals surface area contributed by atoms with Crippen LogP contribution in [0.25, 0.3) is 0 Å². The quantitative estimate of drug-likeness (QED) is 0.840. The molecule has 1 aromatic carbocycles. The van der Waals surface area contributed by atoms with Crippen molar-refractivity contribution in [2.24, 2.45) is 0 Å². The summed E-state index contributed by atoms with van der Waals surface area (Å²) < 4.78 is 26.6. The minimum atomic E-state index is -3.39. The molecule has 1 unspecified atom stereocenters. The second-order valence-corrected chi connectivity index (χ2v) is 7.13. The summed E-state index contributed by atoms with van der Waals surface area (Å²) in [5.74, 6) is 0. The van der Waals surface area contributed by atoms with Crippen LogP contribution >= 0.6 is 0 Å². The number of hydrogen-bond donors (Lipinski definition) is 1. The van der Waals surface area contributed by atoms with Gasteiger partial charge in [-0.2, -0.15) is 4.31 Å². The Balaban J connectivity index is 2.22. The first kappa shape index (κ1) is 14.3. The van der Waals surface area contributed by atoms with Crippen LogP contribution in [0.15, 0.2) is 29.2 Å². The maximum absolute atomic E-state index is 12.5. The van der Waals surface area contributed by atoms with Gasteiger partial charge in [-0.25, -0.2) is 8.42 Å².